The first kappa shape index (κ1) is 13.2. The van der Waals surface area contributed by atoms with Gasteiger partial charge < -0.3 is 15.3 Å². The maximum absolute atomic E-state index is 12.1. The molecule has 0 aromatic heterocycles. The van der Waals surface area contributed by atoms with Crippen molar-refractivity contribution in [3.05, 3.63) is 0 Å². The summed E-state index contributed by atoms with van der Waals surface area (Å²) in [6, 6.07) is -0.0906. The minimum Gasteiger partial charge on any atom is -0.481 e. The number of nitrogens with one attached hydrogen (secondary N) is 1. The molecule has 0 spiro atoms. The number of likely N-dealkylation sites (tertiary alicyclic amines) is 1. The summed E-state index contributed by atoms with van der Waals surface area (Å²) in [6.45, 7) is 4.86. The number of amides is 2. The van der Waals surface area contributed by atoms with E-state index >= 15 is 0 Å². The quantitative estimate of drug-likeness (QED) is 0.805. The second-order valence-corrected chi connectivity index (χ2v) is 5.74. The first-order chi connectivity index (χ1) is 8.47. The number of hydrogen-bond donors (Lipinski definition) is 2. The topological polar surface area (TPSA) is 69.6 Å². The summed E-state index contributed by atoms with van der Waals surface area (Å²) in [5, 5.41) is 12.2. The molecule has 1 aliphatic carbocycles. The molecule has 2 amide bonds. The van der Waals surface area contributed by atoms with Gasteiger partial charge in [-0.3, -0.25) is 4.79 Å². The smallest absolute Gasteiger partial charge is 0.317 e. The average molecular weight is 254 g/mol. The highest BCUT2D eigenvalue weighted by atomic mass is 16.4. The lowest BCUT2D eigenvalue weighted by atomic mass is 9.75. The third-order valence-electron chi connectivity index (χ3n) is 4.58. The Labute approximate surface area is 108 Å². The molecule has 0 radical (unpaired) electrons. The summed E-state index contributed by atoms with van der Waals surface area (Å²) in [5.74, 6) is -1.19. The molecule has 5 nitrogen and oxygen atoms in total. The Morgan fingerprint density at radius 1 is 1.39 bits per heavy atom. The van der Waals surface area contributed by atoms with Gasteiger partial charge in [0.25, 0.3) is 0 Å². The van der Waals surface area contributed by atoms with Crippen LogP contribution < -0.4 is 5.32 Å². The van der Waals surface area contributed by atoms with Crippen LogP contribution in [0.25, 0.3) is 0 Å². The Morgan fingerprint density at radius 3 is 2.44 bits per heavy atom. The van der Waals surface area contributed by atoms with Crippen LogP contribution in [0.15, 0.2) is 0 Å². The van der Waals surface area contributed by atoms with Crippen molar-refractivity contribution in [1.82, 2.24) is 10.2 Å². The van der Waals surface area contributed by atoms with Crippen LogP contribution in [0.4, 0.5) is 4.79 Å². The normalized spacial score (nSPS) is 29.8. The van der Waals surface area contributed by atoms with Gasteiger partial charge in [0.2, 0.25) is 0 Å². The van der Waals surface area contributed by atoms with Crippen LogP contribution in [-0.2, 0) is 4.79 Å². The molecule has 0 aromatic rings. The molecule has 1 aliphatic heterocycles. The van der Waals surface area contributed by atoms with E-state index in [-0.39, 0.29) is 17.5 Å². The molecule has 0 aromatic carbocycles. The maximum Gasteiger partial charge on any atom is 0.317 e. The van der Waals surface area contributed by atoms with Gasteiger partial charge in [-0.15, -0.1) is 0 Å². The largest absolute Gasteiger partial charge is 0.481 e. The molecular formula is C13H22N2O3. The number of rotatable bonds is 3. The summed E-state index contributed by atoms with van der Waals surface area (Å²) in [6.07, 6.45) is 4.20. The lowest BCUT2D eigenvalue weighted by Gasteiger charge is -2.42. The molecule has 1 saturated heterocycles. The van der Waals surface area contributed by atoms with E-state index in [4.69, 9.17) is 5.11 Å². The standard InChI is InChI=1S/C13H22N2O3/c1-3-13(5-4-6-13)14-12(18)15-7-9(2)10(8-15)11(16)17/h9-10H,3-8H2,1-2H3,(H,14,18)(H,16,17). The van der Waals surface area contributed by atoms with Crippen molar-refractivity contribution in [3.63, 3.8) is 0 Å². The molecule has 0 bridgehead atoms. The predicted molar refractivity (Wildman–Crippen MR) is 67.3 cm³/mol. The molecule has 18 heavy (non-hydrogen) atoms. The Kier molecular flexibility index (Phi) is 3.50. The number of aliphatic carboxylic acids is 1. The summed E-state index contributed by atoms with van der Waals surface area (Å²) in [5.41, 5.74) is -0.0262. The van der Waals surface area contributed by atoms with Gasteiger partial charge in [-0.1, -0.05) is 13.8 Å². The number of carboxylic acids is 1. The van der Waals surface area contributed by atoms with Crippen molar-refractivity contribution < 1.29 is 14.7 Å². The molecule has 2 atom stereocenters. The van der Waals surface area contributed by atoms with E-state index in [1.54, 1.807) is 4.90 Å². The number of hydrogen-bond acceptors (Lipinski definition) is 2. The summed E-state index contributed by atoms with van der Waals surface area (Å²) < 4.78 is 0. The van der Waals surface area contributed by atoms with E-state index in [0.717, 1.165) is 19.3 Å². The van der Waals surface area contributed by atoms with Crippen molar-refractivity contribution in [2.45, 2.75) is 45.1 Å². The molecule has 2 rings (SSSR count). The zero-order valence-corrected chi connectivity index (χ0v) is 11.1. The Hall–Kier alpha value is -1.26. The average Bonchev–Trinajstić information content (AvgIpc) is 2.65. The Morgan fingerprint density at radius 2 is 2.06 bits per heavy atom. The Balaban J connectivity index is 1.93. The molecular weight excluding hydrogens is 232 g/mol. The predicted octanol–water partition coefficient (Wildman–Crippen LogP) is 1.68. The minimum atomic E-state index is -0.799. The number of carboxylic acid groups (broad SMARTS) is 1. The molecule has 2 aliphatic rings. The summed E-state index contributed by atoms with van der Waals surface area (Å²) >= 11 is 0. The number of carbonyl (C=O) groups is 2. The van der Waals surface area contributed by atoms with E-state index in [9.17, 15) is 9.59 Å². The van der Waals surface area contributed by atoms with Crippen LogP contribution in [-0.4, -0.2) is 40.6 Å². The van der Waals surface area contributed by atoms with E-state index in [2.05, 4.69) is 12.2 Å². The first-order valence-electron chi connectivity index (χ1n) is 6.77. The van der Waals surface area contributed by atoms with Gasteiger partial charge in [0, 0.05) is 18.6 Å². The van der Waals surface area contributed by atoms with E-state index in [1.807, 2.05) is 6.92 Å². The van der Waals surface area contributed by atoms with Gasteiger partial charge in [0.15, 0.2) is 0 Å². The van der Waals surface area contributed by atoms with E-state index < -0.39 is 11.9 Å². The zero-order valence-electron chi connectivity index (χ0n) is 11.1. The van der Waals surface area contributed by atoms with Crippen molar-refractivity contribution in [2.24, 2.45) is 11.8 Å². The number of urea groups is 1. The van der Waals surface area contributed by atoms with Crippen molar-refractivity contribution in [1.29, 1.82) is 0 Å². The van der Waals surface area contributed by atoms with Crippen molar-refractivity contribution >= 4 is 12.0 Å². The monoisotopic (exact) mass is 254 g/mol. The van der Waals surface area contributed by atoms with Crippen LogP contribution in [0.1, 0.15) is 39.5 Å². The number of nitrogens with zero attached hydrogens (tertiary/aromatic N) is 1. The molecule has 2 unspecified atom stereocenters. The lowest BCUT2D eigenvalue weighted by molar-refractivity contribution is -0.142. The third-order valence-corrected chi connectivity index (χ3v) is 4.58. The highest BCUT2D eigenvalue weighted by molar-refractivity contribution is 5.78. The highest BCUT2D eigenvalue weighted by Crippen LogP contribution is 2.35. The molecule has 2 N–H and O–H groups in total. The summed E-state index contributed by atoms with van der Waals surface area (Å²) in [7, 11) is 0. The van der Waals surface area contributed by atoms with Gasteiger partial charge in [-0.25, -0.2) is 4.79 Å². The first-order valence-corrected chi connectivity index (χ1v) is 6.77. The molecule has 5 heteroatoms. The zero-order chi connectivity index (χ0) is 13.3. The second kappa shape index (κ2) is 4.78. The molecule has 2 fully saturated rings. The van der Waals surface area contributed by atoms with Gasteiger partial charge in [-0.05, 0) is 31.6 Å². The van der Waals surface area contributed by atoms with Crippen LogP contribution in [0.3, 0.4) is 0 Å². The fourth-order valence-electron chi connectivity index (χ4n) is 2.93. The van der Waals surface area contributed by atoms with Crippen LogP contribution >= 0.6 is 0 Å². The lowest BCUT2D eigenvalue weighted by Crippen LogP contribution is -2.56. The molecule has 1 saturated carbocycles. The van der Waals surface area contributed by atoms with Crippen molar-refractivity contribution in [2.75, 3.05) is 13.1 Å². The highest BCUT2D eigenvalue weighted by Gasteiger charge is 2.41. The van der Waals surface area contributed by atoms with Crippen LogP contribution in [0.5, 0.6) is 0 Å². The maximum atomic E-state index is 12.1. The van der Waals surface area contributed by atoms with Crippen LogP contribution in [0, 0.1) is 11.8 Å². The Bertz CT molecular complexity index is 347. The second-order valence-electron chi connectivity index (χ2n) is 5.74. The van der Waals surface area contributed by atoms with Gasteiger partial charge >= 0.3 is 12.0 Å². The fraction of sp³-hybridized carbons (Fsp3) is 0.846. The molecule has 102 valence electrons. The molecule has 1 heterocycles. The minimum absolute atomic E-state index is 0.0262. The van der Waals surface area contributed by atoms with E-state index in [1.165, 1.54) is 6.42 Å². The van der Waals surface area contributed by atoms with Gasteiger partial charge in [0.05, 0.1) is 5.92 Å². The summed E-state index contributed by atoms with van der Waals surface area (Å²) in [4.78, 5) is 24.8. The van der Waals surface area contributed by atoms with Gasteiger partial charge in [0.1, 0.15) is 0 Å². The van der Waals surface area contributed by atoms with Crippen molar-refractivity contribution in [3.8, 4) is 0 Å². The fourth-order valence-corrected chi connectivity index (χ4v) is 2.93. The third kappa shape index (κ3) is 2.31. The van der Waals surface area contributed by atoms with Crippen LogP contribution in [0.2, 0.25) is 0 Å². The van der Waals surface area contributed by atoms with Gasteiger partial charge in [-0.2, -0.15) is 0 Å². The number of carbonyl (C=O) groups excluding carboxylic acids is 1. The SMILES string of the molecule is CCC1(NC(=O)N2CC(C)C(C(=O)O)C2)CCC1. The van der Waals surface area contributed by atoms with E-state index in [0.29, 0.717) is 13.1 Å².